The minimum absolute atomic E-state index is 0.0852. The first-order valence-electron chi connectivity index (χ1n) is 11.0. The Kier molecular flexibility index (Phi) is 7.50. The van der Waals surface area contributed by atoms with Crippen LogP contribution >= 0.6 is 11.8 Å². The first-order chi connectivity index (χ1) is 15.8. The number of fused-ring (bicyclic) bond motifs is 1. The Labute approximate surface area is 192 Å². The molecule has 1 aliphatic carbocycles. The van der Waals surface area contributed by atoms with Gasteiger partial charge in [0.15, 0.2) is 0 Å². The summed E-state index contributed by atoms with van der Waals surface area (Å²) in [7, 11) is 1.00. The van der Waals surface area contributed by atoms with Crippen LogP contribution in [0.15, 0.2) is 53.5 Å². The van der Waals surface area contributed by atoms with Crippen LogP contribution in [0.1, 0.15) is 37.8 Å². The van der Waals surface area contributed by atoms with Crippen molar-refractivity contribution < 1.29 is 14.6 Å². The molecule has 5 rings (SSSR count). The van der Waals surface area contributed by atoms with Crippen LogP contribution in [0, 0.1) is 0 Å². The van der Waals surface area contributed by atoms with Crippen LogP contribution in [-0.4, -0.2) is 46.4 Å². The van der Waals surface area contributed by atoms with Gasteiger partial charge < -0.3 is 24.9 Å². The number of para-hydroxylation sites is 1. The number of nitrogens with one attached hydrogen (secondary N) is 2. The minimum Gasteiger partial charge on any atom is -0.457 e. The zero-order chi connectivity index (χ0) is 22.3. The molecule has 1 atom stereocenters. The number of aliphatic hydroxyl groups is 1. The lowest BCUT2D eigenvalue weighted by molar-refractivity contribution is -0.108. The van der Waals surface area contributed by atoms with E-state index < -0.39 is 0 Å². The zero-order valence-corrected chi connectivity index (χ0v) is 19.0. The van der Waals surface area contributed by atoms with E-state index >= 15 is 0 Å². The third kappa shape index (κ3) is 5.16. The molecule has 168 valence electrons. The molecule has 0 spiro atoms. The molecule has 0 radical (unpaired) electrons. The van der Waals surface area contributed by atoms with Gasteiger partial charge in [0.05, 0.1) is 22.9 Å². The molecule has 2 aromatic carbocycles. The van der Waals surface area contributed by atoms with E-state index in [0.29, 0.717) is 12.5 Å². The summed E-state index contributed by atoms with van der Waals surface area (Å²) in [4.78, 5) is 19.1. The highest BCUT2D eigenvalue weighted by molar-refractivity contribution is 8.14. The van der Waals surface area contributed by atoms with E-state index in [-0.39, 0.29) is 6.04 Å². The highest BCUT2D eigenvalue weighted by Crippen LogP contribution is 2.36. The molecule has 1 unspecified atom stereocenters. The van der Waals surface area contributed by atoms with E-state index in [1.807, 2.05) is 30.3 Å². The van der Waals surface area contributed by atoms with Crippen LogP contribution < -0.4 is 10.1 Å². The van der Waals surface area contributed by atoms with Gasteiger partial charge in [-0.05, 0) is 37.1 Å². The Morgan fingerprint density at radius 1 is 1.16 bits per heavy atom. The monoisotopic (exact) mass is 451 g/mol. The van der Waals surface area contributed by atoms with Crippen LogP contribution in [0.5, 0.6) is 11.5 Å². The van der Waals surface area contributed by atoms with Gasteiger partial charge in [-0.1, -0.05) is 31.0 Å². The number of aldehydes is 1. The smallest absolute Gasteiger partial charge is 0.130 e. The number of hydrogen-bond acceptors (Lipinski definition) is 6. The highest BCUT2D eigenvalue weighted by atomic mass is 32.2. The number of anilines is 1. The minimum atomic E-state index is 0.0852. The molecule has 32 heavy (non-hydrogen) atoms. The molecule has 1 aliphatic heterocycles. The van der Waals surface area contributed by atoms with Gasteiger partial charge in [0.25, 0.3) is 0 Å². The Bertz CT molecular complexity index is 1070. The average Bonchev–Trinajstić information content (AvgIpc) is 3.57. The van der Waals surface area contributed by atoms with Gasteiger partial charge in [0.1, 0.15) is 22.8 Å². The van der Waals surface area contributed by atoms with Crippen LogP contribution in [0.2, 0.25) is 0 Å². The van der Waals surface area contributed by atoms with Crippen LogP contribution in [0.25, 0.3) is 10.9 Å². The van der Waals surface area contributed by atoms with E-state index in [1.54, 1.807) is 11.8 Å². The lowest BCUT2D eigenvalue weighted by atomic mass is 10.1. The standard InChI is InChI=1S/C24H25N3O2S.CH4O/c28-11-10-18-15-30-24(26-18)22-13-16-12-20(29-19-8-2-1-3-9-19)14-21(23(16)27-22)25-17-6-4-5-7-17;1-2/h1-3,8-9,11-14,17-18,25,27H,4-7,10,15H2;2H,1H3. The number of aliphatic imine (C=N–C) groups is 1. The van der Waals surface area contributed by atoms with Crippen molar-refractivity contribution in [3.8, 4) is 11.5 Å². The van der Waals surface area contributed by atoms with Gasteiger partial charge in [-0.2, -0.15) is 0 Å². The van der Waals surface area contributed by atoms with Crippen molar-refractivity contribution in [3.63, 3.8) is 0 Å². The number of hydrogen-bond donors (Lipinski definition) is 3. The number of ether oxygens (including phenoxy) is 1. The molecule has 7 heteroatoms. The number of carbonyl (C=O) groups is 1. The first kappa shape index (κ1) is 22.4. The van der Waals surface area contributed by atoms with Crippen molar-refractivity contribution in [2.24, 2.45) is 4.99 Å². The fourth-order valence-corrected chi connectivity index (χ4v) is 5.26. The molecule has 1 saturated carbocycles. The largest absolute Gasteiger partial charge is 0.457 e. The second-order valence-corrected chi connectivity index (χ2v) is 8.97. The predicted molar refractivity (Wildman–Crippen MR) is 132 cm³/mol. The Hall–Kier alpha value is -2.77. The molecule has 0 amide bonds. The lowest BCUT2D eigenvalue weighted by Crippen LogP contribution is -2.14. The predicted octanol–water partition coefficient (Wildman–Crippen LogP) is 5.37. The molecule has 0 bridgehead atoms. The van der Waals surface area contributed by atoms with Crippen LogP contribution in [0.3, 0.4) is 0 Å². The van der Waals surface area contributed by atoms with E-state index in [0.717, 1.165) is 58.0 Å². The summed E-state index contributed by atoms with van der Waals surface area (Å²) in [6.07, 6.45) is 6.41. The summed E-state index contributed by atoms with van der Waals surface area (Å²) in [5.41, 5.74) is 3.17. The van der Waals surface area contributed by atoms with Crippen LogP contribution in [-0.2, 0) is 4.79 Å². The van der Waals surface area contributed by atoms with Crippen molar-refractivity contribution in [1.29, 1.82) is 0 Å². The number of aromatic amines is 1. The molecule has 1 aromatic heterocycles. The fourth-order valence-electron chi connectivity index (χ4n) is 4.21. The van der Waals surface area contributed by atoms with Crippen molar-refractivity contribution in [2.75, 3.05) is 18.2 Å². The summed E-state index contributed by atoms with van der Waals surface area (Å²) in [5.74, 6) is 2.50. The Balaban J connectivity index is 0.00000119. The van der Waals surface area contributed by atoms with E-state index in [2.05, 4.69) is 28.5 Å². The Morgan fingerprint density at radius 2 is 1.94 bits per heavy atom. The highest BCUT2D eigenvalue weighted by Gasteiger charge is 2.22. The SMILES string of the molecule is CO.O=CCC1CSC(c2cc3cc(Oc4ccccc4)cc(NC4CCCC4)c3[nH]2)=N1. The van der Waals surface area contributed by atoms with Crippen molar-refractivity contribution in [1.82, 2.24) is 4.98 Å². The number of nitrogens with zero attached hydrogens (tertiary/aromatic N) is 1. The van der Waals surface area contributed by atoms with Crippen molar-refractivity contribution in [3.05, 3.63) is 54.2 Å². The molecule has 1 fully saturated rings. The number of rotatable bonds is 7. The van der Waals surface area contributed by atoms with Gasteiger partial charge in [0, 0.05) is 36.8 Å². The molecule has 3 N–H and O–H groups in total. The summed E-state index contributed by atoms with van der Waals surface area (Å²) in [6.45, 7) is 0. The number of carbonyl (C=O) groups excluding carboxylic acids is 1. The number of H-pyrrole nitrogens is 1. The first-order valence-corrected chi connectivity index (χ1v) is 12.0. The van der Waals surface area contributed by atoms with E-state index in [1.165, 1.54) is 25.7 Å². The normalized spacial score (nSPS) is 18.2. The number of aliphatic hydroxyl groups excluding tert-OH is 1. The quantitative estimate of drug-likeness (QED) is 0.420. The fraction of sp³-hybridized carbons (Fsp3) is 0.360. The maximum Gasteiger partial charge on any atom is 0.130 e. The third-order valence-corrected chi connectivity index (χ3v) is 6.86. The van der Waals surface area contributed by atoms with Crippen molar-refractivity contribution in [2.45, 2.75) is 44.2 Å². The maximum atomic E-state index is 10.8. The summed E-state index contributed by atoms with van der Waals surface area (Å²) >= 11 is 1.71. The van der Waals surface area contributed by atoms with E-state index in [4.69, 9.17) is 14.8 Å². The molecule has 2 aliphatic rings. The average molecular weight is 452 g/mol. The Morgan fingerprint density at radius 3 is 2.69 bits per heavy atom. The van der Waals surface area contributed by atoms with Crippen molar-refractivity contribution >= 4 is 39.7 Å². The lowest BCUT2D eigenvalue weighted by Gasteiger charge is -2.16. The molecule has 6 nitrogen and oxygen atoms in total. The second-order valence-electron chi connectivity index (χ2n) is 7.96. The summed E-state index contributed by atoms with van der Waals surface area (Å²) < 4.78 is 6.15. The molecular formula is C25H29N3O3S. The number of thioether (sulfide) groups is 1. The van der Waals surface area contributed by atoms with Gasteiger partial charge in [-0.25, -0.2) is 0 Å². The zero-order valence-electron chi connectivity index (χ0n) is 18.2. The topological polar surface area (TPSA) is 86.7 Å². The third-order valence-electron chi connectivity index (χ3n) is 5.71. The van der Waals surface area contributed by atoms with Gasteiger partial charge >= 0.3 is 0 Å². The van der Waals surface area contributed by atoms with Gasteiger partial charge in [-0.3, -0.25) is 4.99 Å². The van der Waals surface area contributed by atoms with Gasteiger partial charge in [-0.15, -0.1) is 11.8 Å². The summed E-state index contributed by atoms with van der Waals surface area (Å²) in [6, 6.07) is 16.8. The maximum absolute atomic E-state index is 10.8. The molecule has 3 aromatic rings. The molecular weight excluding hydrogens is 422 g/mol. The number of benzene rings is 2. The second kappa shape index (κ2) is 10.7. The molecule has 0 saturated heterocycles. The van der Waals surface area contributed by atoms with Crippen LogP contribution in [0.4, 0.5) is 5.69 Å². The summed E-state index contributed by atoms with van der Waals surface area (Å²) in [5, 5.41) is 12.8. The molecule has 2 heterocycles. The van der Waals surface area contributed by atoms with E-state index in [9.17, 15) is 4.79 Å². The van der Waals surface area contributed by atoms with Gasteiger partial charge in [0.2, 0.25) is 0 Å². The number of aromatic nitrogens is 1.